The maximum Gasteiger partial charge on any atom is 0.339 e. The Labute approximate surface area is 138 Å². The minimum absolute atomic E-state index is 0.0302. The van der Waals surface area contributed by atoms with E-state index in [9.17, 15) is 9.59 Å². The number of hydrogen-bond acceptors (Lipinski definition) is 4. The van der Waals surface area contributed by atoms with E-state index in [0.717, 1.165) is 28.8 Å². The number of carbonyl (C=O) groups excluding carboxylic acids is 2. The molecule has 1 aromatic carbocycles. The molecule has 2 aliphatic rings. The lowest BCUT2D eigenvalue weighted by Crippen LogP contribution is -2.48. The van der Waals surface area contributed by atoms with Crippen LogP contribution in [0.1, 0.15) is 44.0 Å². The number of benzene rings is 1. The summed E-state index contributed by atoms with van der Waals surface area (Å²) in [5.74, 6) is -0.246. The van der Waals surface area contributed by atoms with Crippen molar-refractivity contribution in [2.75, 3.05) is 13.1 Å². The van der Waals surface area contributed by atoms with Crippen molar-refractivity contribution in [1.29, 1.82) is 0 Å². The molecule has 1 amide bonds. The third kappa shape index (κ3) is 2.27. The van der Waals surface area contributed by atoms with Gasteiger partial charge in [-0.15, -0.1) is 11.3 Å². The van der Waals surface area contributed by atoms with Crippen LogP contribution in [0, 0.1) is 6.92 Å². The maximum atomic E-state index is 12.7. The van der Waals surface area contributed by atoms with E-state index in [1.807, 2.05) is 41.5 Å². The van der Waals surface area contributed by atoms with Gasteiger partial charge in [0.15, 0.2) is 5.60 Å². The van der Waals surface area contributed by atoms with Gasteiger partial charge in [0.1, 0.15) is 0 Å². The Kier molecular flexibility index (Phi) is 3.27. The molecule has 5 heteroatoms. The van der Waals surface area contributed by atoms with Crippen LogP contribution in [0.15, 0.2) is 35.7 Å². The van der Waals surface area contributed by atoms with Crippen LogP contribution < -0.4 is 0 Å². The first-order valence-electron chi connectivity index (χ1n) is 7.76. The van der Waals surface area contributed by atoms with Crippen molar-refractivity contribution < 1.29 is 14.3 Å². The third-order valence-electron chi connectivity index (χ3n) is 4.61. The molecular formula is C18H17NO3S. The SMILES string of the molecule is Cc1csc(C(=O)N2CCC[C@@]3(C2)OC(=O)c2ccccc23)c1. The van der Waals surface area contributed by atoms with E-state index in [1.165, 1.54) is 11.3 Å². The van der Waals surface area contributed by atoms with Crippen molar-refractivity contribution in [2.45, 2.75) is 25.4 Å². The molecule has 1 saturated heterocycles. The molecule has 23 heavy (non-hydrogen) atoms. The molecule has 1 aromatic heterocycles. The predicted octanol–water partition coefficient (Wildman–Crippen LogP) is 3.36. The zero-order valence-electron chi connectivity index (χ0n) is 12.9. The summed E-state index contributed by atoms with van der Waals surface area (Å²) in [5.41, 5.74) is 1.98. The van der Waals surface area contributed by atoms with Gasteiger partial charge in [0.25, 0.3) is 5.91 Å². The molecule has 0 bridgehead atoms. The molecular weight excluding hydrogens is 310 g/mol. The van der Waals surface area contributed by atoms with Crippen molar-refractivity contribution in [2.24, 2.45) is 0 Å². The second-order valence-electron chi connectivity index (χ2n) is 6.25. The molecule has 3 heterocycles. The van der Waals surface area contributed by atoms with Gasteiger partial charge in [-0.2, -0.15) is 0 Å². The number of fused-ring (bicyclic) bond motifs is 2. The highest BCUT2D eigenvalue weighted by Crippen LogP contribution is 2.43. The lowest BCUT2D eigenvalue weighted by Gasteiger charge is -2.39. The van der Waals surface area contributed by atoms with Gasteiger partial charge in [0.2, 0.25) is 0 Å². The van der Waals surface area contributed by atoms with Crippen molar-refractivity contribution in [3.8, 4) is 0 Å². The summed E-state index contributed by atoms with van der Waals surface area (Å²) in [6.07, 6.45) is 1.60. The zero-order chi connectivity index (χ0) is 16.0. The van der Waals surface area contributed by atoms with Gasteiger partial charge >= 0.3 is 5.97 Å². The number of esters is 1. The number of hydrogen-bond donors (Lipinski definition) is 0. The molecule has 2 aromatic rings. The molecule has 0 aliphatic carbocycles. The molecule has 0 saturated carbocycles. The lowest BCUT2D eigenvalue weighted by atomic mass is 9.85. The van der Waals surface area contributed by atoms with E-state index in [4.69, 9.17) is 4.74 Å². The van der Waals surface area contributed by atoms with E-state index in [2.05, 4.69) is 0 Å². The Balaban J connectivity index is 1.66. The minimum Gasteiger partial charge on any atom is -0.449 e. The van der Waals surface area contributed by atoms with Crippen LogP contribution in [0.4, 0.5) is 0 Å². The number of amides is 1. The van der Waals surface area contributed by atoms with Crippen molar-refractivity contribution in [3.05, 3.63) is 57.3 Å². The minimum atomic E-state index is -0.673. The molecule has 4 rings (SSSR count). The maximum absolute atomic E-state index is 12.7. The predicted molar refractivity (Wildman–Crippen MR) is 87.7 cm³/mol. The normalized spacial score (nSPS) is 23.0. The summed E-state index contributed by atoms with van der Waals surface area (Å²) in [7, 11) is 0. The van der Waals surface area contributed by atoms with Gasteiger partial charge in [0, 0.05) is 12.1 Å². The Morgan fingerprint density at radius 2 is 2.17 bits per heavy atom. The Hall–Kier alpha value is -2.14. The number of carbonyl (C=O) groups is 2. The summed E-state index contributed by atoms with van der Waals surface area (Å²) in [4.78, 5) is 27.5. The smallest absolute Gasteiger partial charge is 0.339 e. The number of rotatable bonds is 1. The van der Waals surface area contributed by atoms with Crippen molar-refractivity contribution in [1.82, 2.24) is 4.90 Å². The van der Waals surface area contributed by atoms with Crippen molar-refractivity contribution >= 4 is 23.2 Å². The molecule has 1 spiro atoms. The highest BCUT2D eigenvalue weighted by atomic mass is 32.1. The van der Waals surface area contributed by atoms with Gasteiger partial charge in [-0.25, -0.2) is 4.79 Å². The highest BCUT2D eigenvalue weighted by Gasteiger charge is 2.48. The summed E-state index contributed by atoms with van der Waals surface area (Å²) in [6, 6.07) is 9.44. The molecule has 0 unspecified atom stereocenters. The molecule has 0 radical (unpaired) electrons. The van der Waals surface area contributed by atoms with Crippen LogP contribution >= 0.6 is 11.3 Å². The van der Waals surface area contributed by atoms with Crippen LogP contribution in [-0.2, 0) is 10.3 Å². The monoisotopic (exact) mass is 327 g/mol. The van der Waals surface area contributed by atoms with Gasteiger partial charge < -0.3 is 9.64 Å². The third-order valence-corrected chi connectivity index (χ3v) is 5.65. The van der Waals surface area contributed by atoms with E-state index >= 15 is 0 Å². The van der Waals surface area contributed by atoms with E-state index in [1.54, 1.807) is 6.07 Å². The Bertz CT molecular complexity index is 797. The van der Waals surface area contributed by atoms with Crippen LogP contribution in [0.3, 0.4) is 0 Å². The summed E-state index contributed by atoms with van der Waals surface area (Å²) >= 11 is 1.47. The average Bonchev–Trinajstić information content (AvgIpc) is 3.10. The number of likely N-dealkylation sites (tertiary alicyclic amines) is 1. The molecule has 0 N–H and O–H groups in total. The summed E-state index contributed by atoms with van der Waals surface area (Å²) < 4.78 is 5.75. The van der Waals surface area contributed by atoms with Crippen LogP contribution in [0.25, 0.3) is 0 Å². The second kappa shape index (κ2) is 5.20. The first-order valence-corrected chi connectivity index (χ1v) is 8.64. The van der Waals surface area contributed by atoms with Crippen LogP contribution in [0.2, 0.25) is 0 Å². The highest BCUT2D eigenvalue weighted by molar-refractivity contribution is 7.12. The first-order chi connectivity index (χ1) is 11.1. The van der Waals surface area contributed by atoms with E-state index in [-0.39, 0.29) is 11.9 Å². The molecule has 118 valence electrons. The Morgan fingerprint density at radius 3 is 2.96 bits per heavy atom. The molecule has 1 fully saturated rings. The van der Waals surface area contributed by atoms with Crippen LogP contribution in [0.5, 0.6) is 0 Å². The molecule has 4 nitrogen and oxygen atoms in total. The van der Waals surface area contributed by atoms with Gasteiger partial charge in [0.05, 0.1) is 17.0 Å². The zero-order valence-corrected chi connectivity index (χ0v) is 13.7. The fourth-order valence-corrected chi connectivity index (χ4v) is 4.41. The number of nitrogens with zero attached hydrogens (tertiary/aromatic N) is 1. The van der Waals surface area contributed by atoms with E-state index < -0.39 is 5.60 Å². The molecule has 2 aliphatic heterocycles. The standard InChI is InChI=1S/C18H17NO3S/c1-12-9-15(23-10-12)16(20)19-8-4-7-18(11-19)14-6-3-2-5-13(14)17(21)22-18/h2-3,5-6,9-10H,4,7-8,11H2,1H3/t18-/m0/s1. The number of thiophene rings is 1. The fraction of sp³-hybridized carbons (Fsp3) is 0.333. The summed E-state index contributed by atoms with van der Waals surface area (Å²) in [5, 5.41) is 1.98. The second-order valence-corrected chi connectivity index (χ2v) is 7.16. The van der Waals surface area contributed by atoms with Gasteiger partial charge in [-0.05, 0) is 42.8 Å². The summed E-state index contributed by atoms with van der Waals surface area (Å²) in [6.45, 7) is 3.13. The quantitative estimate of drug-likeness (QED) is 0.755. The average molecular weight is 327 g/mol. The largest absolute Gasteiger partial charge is 0.449 e. The number of ether oxygens (including phenoxy) is 1. The fourth-order valence-electron chi connectivity index (χ4n) is 3.54. The molecule has 1 atom stereocenters. The van der Waals surface area contributed by atoms with Crippen molar-refractivity contribution in [3.63, 3.8) is 0 Å². The first kappa shape index (κ1) is 14.5. The van der Waals surface area contributed by atoms with Crippen LogP contribution in [-0.4, -0.2) is 29.9 Å². The van der Waals surface area contributed by atoms with Gasteiger partial charge in [-0.3, -0.25) is 4.79 Å². The van der Waals surface area contributed by atoms with E-state index in [0.29, 0.717) is 18.7 Å². The topological polar surface area (TPSA) is 46.6 Å². The number of piperidine rings is 1. The lowest BCUT2D eigenvalue weighted by molar-refractivity contribution is -0.0441. The van der Waals surface area contributed by atoms with Gasteiger partial charge in [-0.1, -0.05) is 18.2 Å². The Morgan fingerprint density at radius 1 is 1.35 bits per heavy atom. The number of aryl methyl sites for hydroxylation is 1.